The molecule has 1 fully saturated rings. The number of carbonyl (C=O) groups is 2. The van der Waals surface area contributed by atoms with E-state index in [1.807, 2.05) is 0 Å². The third-order valence-electron chi connectivity index (χ3n) is 3.06. The van der Waals surface area contributed by atoms with E-state index >= 15 is 0 Å². The number of Topliss-reactive ketones (excluding diaryl/α,β-unsaturated/α-hetero) is 1. The maximum Gasteiger partial charge on any atom is 0.306 e. The van der Waals surface area contributed by atoms with E-state index in [1.54, 1.807) is 0 Å². The van der Waals surface area contributed by atoms with E-state index < -0.39 is 0 Å². The van der Waals surface area contributed by atoms with Crippen molar-refractivity contribution >= 4 is 35.8 Å². The highest BCUT2D eigenvalue weighted by Crippen LogP contribution is 2.18. The number of ketones is 1. The molecule has 2 N–H and O–H groups in total. The second-order valence-electron chi connectivity index (χ2n) is 4.98. The summed E-state index contributed by atoms with van der Waals surface area (Å²) in [6.07, 6.45) is 2.07. The molecule has 1 heterocycles. The molecular weight excluding hydrogens is 316 g/mol. The molecule has 1 aliphatic heterocycles. The SMILES string of the molecule is O=C(CCCCC(=O)OC1COSC1)CC(CO)CSO. The number of esters is 1. The largest absolute Gasteiger partial charge is 0.459 e. The molecule has 0 bridgehead atoms. The van der Waals surface area contributed by atoms with E-state index in [2.05, 4.69) is 0 Å². The lowest BCUT2D eigenvalue weighted by molar-refractivity contribution is -0.148. The molecule has 0 amide bonds. The Hall–Kier alpha value is -0.280. The Kier molecular flexibility index (Phi) is 10.1. The first kappa shape index (κ1) is 18.8. The molecule has 0 spiro atoms. The van der Waals surface area contributed by atoms with Crippen molar-refractivity contribution in [3.63, 3.8) is 0 Å². The van der Waals surface area contributed by atoms with Crippen LogP contribution < -0.4 is 0 Å². The summed E-state index contributed by atoms with van der Waals surface area (Å²) in [6, 6.07) is 0. The zero-order valence-electron chi connectivity index (χ0n) is 11.9. The van der Waals surface area contributed by atoms with Crippen LogP contribution in [0.5, 0.6) is 0 Å². The molecule has 0 aromatic carbocycles. The van der Waals surface area contributed by atoms with E-state index in [1.165, 1.54) is 12.0 Å². The third-order valence-corrected chi connectivity index (χ3v) is 4.49. The second-order valence-corrected chi connectivity index (χ2v) is 6.37. The van der Waals surface area contributed by atoms with Gasteiger partial charge in [0.15, 0.2) is 0 Å². The molecule has 1 rings (SSSR count). The summed E-state index contributed by atoms with van der Waals surface area (Å²) in [5.41, 5.74) is 0. The Balaban J connectivity index is 2.04. The first-order chi connectivity index (χ1) is 10.2. The van der Waals surface area contributed by atoms with Gasteiger partial charge in [0, 0.05) is 37.5 Å². The van der Waals surface area contributed by atoms with Crippen LogP contribution in [0.3, 0.4) is 0 Å². The van der Waals surface area contributed by atoms with Gasteiger partial charge < -0.3 is 18.6 Å². The maximum atomic E-state index is 11.7. The van der Waals surface area contributed by atoms with Gasteiger partial charge in [-0.15, -0.1) is 0 Å². The molecule has 0 aromatic heterocycles. The average molecular weight is 338 g/mol. The van der Waals surface area contributed by atoms with Crippen LogP contribution in [-0.4, -0.2) is 52.2 Å². The van der Waals surface area contributed by atoms with Gasteiger partial charge >= 0.3 is 5.97 Å². The Morgan fingerprint density at radius 3 is 2.76 bits per heavy atom. The number of rotatable bonds is 11. The van der Waals surface area contributed by atoms with Gasteiger partial charge in [-0.2, -0.15) is 0 Å². The summed E-state index contributed by atoms with van der Waals surface area (Å²) >= 11 is 1.94. The molecule has 1 saturated heterocycles. The summed E-state index contributed by atoms with van der Waals surface area (Å²) in [6.45, 7) is 0.341. The smallest absolute Gasteiger partial charge is 0.306 e. The Morgan fingerprint density at radius 1 is 1.38 bits per heavy atom. The highest BCUT2D eigenvalue weighted by molar-refractivity contribution is 7.94. The monoisotopic (exact) mass is 338 g/mol. The summed E-state index contributed by atoms with van der Waals surface area (Å²) in [4.78, 5) is 23.2. The molecule has 0 aliphatic carbocycles. The third kappa shape index (κ3) is 8.67. The van der Waals surface area contributed by atoms with Crippen LogP contribution in [0.4, 0.5) is 0 Å². The van der Waals surface area contributed by atoms with Gasteiger partial charge in [-0.1, -0.05) is 0 Å². The van der Waals surface area contributed by atoms with Crippen LogP contribution in [-0.2, 0) is 18.5 Å². The summed E-state index contributed by atoms with van der Waals surface area (Å²) in [5, 5.41) is 9.04. The van der Waals surface area contributed by atoms with Crippen LogP contribution in [0.15, 0.2) is 0 Å². The molecule has 8 heteroatoms. The molecule has 0 saturated carbocycles. The van der Waals surface area contributed by atoms with Gasteiger partial charge in [0.2, 0.25) is 0 Å². The number of aliphatic hydroxyl groups is 1. The highest BCUT2D eigenvalue weighted by atomic mass is 32.2. The Morgan fingerprint density at radius 2 is 2.14 bits per heavy atom. The van der Waals surface area contributed by atoms with Gasteiger partial charge in [0.1, 0.15) is 11.9 Å². The average Bonchev–Trinajstić information content (AvgIpc) is 2.96. The van der Waals surface area contributed by atoms with Crippen LogP contribution in [0.1, 0.15) is 32.1 Å². The Labute approximate surface area is 133 Å². The normalized spacial score (nSPS) is 19.4. The standard InChI is InChI=1S/C13H22O6S2/c14-6-10(8-20-17)5-11(15)3-1-2-4-13(16)19-12-7-18-21-9-12/h10,12,14,17H,1-9H2. The van der Waals surface area contributed by atoms with E-state index in [0.717, 1.165) is 0 Å². The van der Waals surface area contributed by atoms with E-state index in [4.69, 9.17) is 18.6 Å². The minimum Gasteiger partial charge on any atom is -0.459 e. The molecule has 2 unspecified atom stereocenters. The van der Waals surface area contributed by atoms with Gasteiger partial charge in [0.05, 0.1) is 12.4 Å². The van der Waals surface area contributed by atoms with Crippen molar-refractivity contribution in [3.8, 4) is 0 Å². The lowest BCUT2D eigenvalue weighted by Crippen LogP contribution is -2.20. The minimum atomic E-state index is -0.247. The van der Waals surface area contributed by atoms with Crippen molar-refractivity contribution in [1.29, 1.82) is 0 Å². The van der Waals surface area contributed by atoms with Crippen LogP contribution in [0.2, 0.25) is 0 Å². The van der Waals surface area contributed by atoms with Gasteiger partial charge in [-0.3, -0.25) is 9.59 Å². The lowest BCUT2D eigenvalue weighted by Gasteiger charge is -2.11. The maximum absolute atomic E-state index is 11.7. The van der Waals surface area contributed by atoms with E-state index in [-0.39, 0.29) is 36.8 Å². The highest BCUT2D eigenvalue weighted by Gasteiger charge is 2.20. The van der Waals surface area contributed by atoms with Crippen molar-refractivity contribution in [2.45, 2.75) is 38.2 Å². The van der Waals surface area contributed by atoms with Crippen molar-refractivity contribution in [1.82, 2.24) is 0 Å². The van der Waals surface area contributed by atoms with Gasteiger partial charge in [0.25, 0.3) is 0 Å². The summed E-state index contributed by atoms with van der Waals surface area (Å²) < 4.78 is 18.9. The zero-order chi connectivity index (χ0) is 15.5. The number of unbranched alkanes of at least 4 members (excludes halogenated alkanes) is 1. The summed E-state index contributed by atoms with van der Waals surface area (Å²) in [7, 11) is 0. The quantitative estimate of drug-likeness (QED) is 0.335. The van der Waals surface area contributed by atoms with E-state index in [9.17, 15) is 9.59 Å². The minimum absolute atomic E-state index is 0.0528. The van der Waals surface area contributed by atoms with Crippen molar-refractivity contribution < 1.29 is 28.2 Å². The first-order valence-electron chi connectivity index (χ1n) is 6.98. The summed E-state index contributed by atoms with van der Waals surface area (Å²) in [5.74, 6) is 0.643. The lowest BCUT2D eigenvalue weighted by atomic mass is 10.0. The molecule has 2 atom stereocenters. The van der Waals surface area contributed by atoms with Crippen molar-refractivity contribution in [2.75, 3.05) is 24.7 Å². The van der Waals surface area contributed by atoms with Gasteiger partial charge in [-0.25, -0.2) is 0 Å². The van der Waals surface area contributed by atoms with Crippen LogP contribution in [0.25, 0.3) is 0 Å². The molecule has 21 heavy (non-hydrogen) atoms. The predicted octanol–water partition coefficient (Wildman–Crippen LogP) is 1.91. The van der Waals surface area contributed by atoms with Crippen molar-refractivity contribution in [3.05, 3.63) is 0 Å². The van der Waals surface area contributed by atoms with Crippen LogP contribution >= 0.6 is 24.1 Å². The molecule has 6 nitrogen and oxygen atoms in total. The number of hydrogen-bond donors (Lipinski definition) is 2. The number of aliphatic hydroxyl groups excluding tert-OH is 1. The molecule has 0 aromatic rings. The molecular formula is C13H22O6S2. The number of carbonyl (C=O) groups excluding carboxylic acids is 2. The fourth-order valence-corrected chi connectivity index (χ4v) is 3.00. The van der Waals surface area contributed by atoms with Crippen LogP contribution in [0, 0.1) is 5.92 Å². The van der Waals surface area contributed by atoms with Gasteiger partial charge in [-0.05, 0) is 36.9 Å². The first-order valence-corrected chi connectivity index (χ1v) is 8.83. The Bertz CT molecular complexity index is 320. The number of ether oxygens (including phenoxy) is 1. The molecule has 122 valence electrons. The fourth-order valence-electron chi connectivity index (χ4n) is 1.91. The molecule has 1 aliphatic rings. The second kappa shape index (κ2) is 11.3. The fraction of sp³-hybridized carbons (Fsp3) is 0.846. The molecule has 0 radical (unpaired) electrons. The van der Waals surface area contributed by atoms with E-state index in [0.29, 0.717) is 55.8 Å². The van der Waals surface area contributed by atoms with Crippen molar-refractivity contribution in [2.24, 2.45) is 5.92 Å². The zero-order valence-corrected chi connectivity index (χ0v) is 13.5. The predicted molar refractivity (Wildman–Crippen MR) is 82.0 cm³/mol. The number of hydrogen-bond acceptors (Lipinski definition) is 8. The topological polar surface area (TPSA) is 93.1 Å².